The molecule has 0 aromatic heterocycles. The molecule has 92 valence electrons. The lowest BCUT2D eigenvalue weighted by atomic mass is 9.82. The predicted octanol–water partition coefficient (Wildman–Crippen LogP) is 3.74. The summed E-state index contributed by atoms with van der Waals surface area (Å²) in [4.78, 5) is 11.4. The Morgan fingerprint density at radius 1 is 1.24 bits per heavy atom. The first kappa shape index (κ1) is 12.2. The molecule has 1 saturated carbocycles. The number of carboxylic acid groups (broad SMARTS) is 1. The van der Waals surface area contributed by atoms with E-state index in [2.05, 4.69) is 25.1 Å². The van der Waals surface area contributed by atoms with Gasteiger partial charge in [0.15, 0.2) is 0 Å². The number of carboxylic acids is 1. The van der Waals surface area contributed by atoms with Gasteiger partial charge < -0.3 is 5.11 Å². The van der Waals surface area contributed by atoms with Crippen molar-refractivity contribution in [2.75, 3.05) is 0 Å². The van der Waals surface area contributed by atoms with Gasteiger partial charge in [-0.1, -0.05) is 49.1 Å². The third kappa shape index (κ3) is 2.87. The van der Waals surface area contributed by atoms with Crippen LogP contribution in [0.1, 0.15) is 49.1 Å². The van der Waals surface area contributed by atoms with E-state index in [1.165, 1.54) is 17.5 Å². The zero-order valence-electron chi connectivity index (χ0n) is 10.4. The van der Waals surface area contributed by atoms with Crippen LogP contribution in [0.15, 0.2) is 24.3 Å². The number of aliphatic carboxylic acids is 1. The van der Waals surface area contributed by atoms with Crippen molar-refractivity contribution in [3.8, 4) is 0 Å². The third-order valence-corrected chi connectivity index (χ3v) is 3.80. The number of benzene rings is 1. The minimum atomic E-state index is -0.626. The fourth-order valence-corrected chi connectivity index (χ4v) is 2.90. The van der Waals surface area contributed by atoms with Crippen LogP contribution >= 0.6 is 0 Å². The van der Waals surface area contributed by atoms with Crippen molar-refractivity contribution >= 4 is 5.97 Å². The van der Waals surface area contributed by atoms with E-state index in [1.54, 1.807) is 0 Å². The summed E-state index contributed by atoms with van der Waals surface area (Å²) in [6.45, 7) is 2.07. The predicted molar refractivity (Wildman–Crippen MR) is 68.1 cm³/mol. The van der Waals surface area contributed by atoms with Gasteiger partial charge in [0.1, 0.15) is 0 Å². The van der Waals surface area contributed by atoms with Crippen molar-refractivity contribution in [1.29, 1.82) is 0 Å². The fraction of sp³-hybridized carbons (Fsp3) is 0.533. The van der Waals surface area contributed by atoms with E-state index >= 15 is 0 Å². The molecule has 2 rings (SSSR count). The highest BCUT2D eigenvalue weighted by molar-refractivity contribution is 5.71. The van der Waals surface area contributed by atoms with E-state index < -0.39 is 5.97 Å². The Kier molecular flexibility index (Phi) is 3.82. The van der Waals surface area contributed by atoms with Gasteiger partial charge in [0.25, 0.3) is 0 Å². The Hall–Kier alpha value is -1.31. The zero-order valence-corrected chi connectivity index (χ0v) is 10.4. The number of carbonyl (C=O) groups is 1. The van der Waals surface area contributed by atoms with Crippen LogP contribution in [0.4, 0.5) is 0 Å². The number of hydrogen-bond acceptors (Lipinski definition) is 1. The van der Waals surface area contributed by atoms with Crippen LogP contribution in [-0.4, -0.2) is 11.1 Å². The van der Waals surface area contributed by atoms with E-state index in [9.17, 15) is 9.90 Å². The molecular formula is C15H20O2. The minimum Gasteiger partial charge on any atom is -0.481 e. The lowest BCUT2D eigenvalue weighted by Crippen LogP contribution is -2.21. The van der Waals surface area contributed by atoms with Crippen molar-refractivity contribution in [1.82, 2.24) is 0 Å². The Morgan fingerprint density at radius 2 is 2.00 bits per heavy atom. The Labute approximate surface area is 103 Å². The molecule has 1 aromatic carbocycles. The second kappa shape index (κ2) is 5.35. The highest BCUT2D eigenvalue weighted by Crippen LogP contribution is 2.36. The topological polar surface area (TPSA) is 37.3 Å². The van der Waals surface area contributed by atoms with Crippen molar-refractivity contribution in [2.24, 2.45) is 5.92 Å². The van der Waals surface area contributed by atoms with Gasteiger partial charge in [0.05, 0.1) is 5.92 Å². The largest absolute Gasteiger partial charge is 0.481 e. The summed E-state index contributed by atoms with van der Waals surface area (Å²) in [6.07, 6.45) is 5.22. The second-order valence-corrected chi connectivity index (χ2v) is 5.10. The van der Waals surface area contributed by atoms with E-state index in [0.717, 1.165) is 25.7 Å². The van der Waals surface area contributed by atoms with E-state index in [4.69, 9.17) is 0 Å². The summed E-state index contributed by atoms with van der Waals surface area (Å²) in [5, 5.41) is 9.36. The minimum absolute atomic E-state index is 0.195. The molecule has 0 heterocycles. The molecule has 0 amide bonds. The summed E-state index contributed by atoms with van der Waals surface area (Å²) in [6, 6.07) is 8.33. The van der Waals surface area contributed by atoms with Gasteiger partial charge in [-0.15, -0.1) is 0 Å². The van der Waals surface area contributed by atoms with Gasteiger partial charge in [-0.2, -0.15) is 0 Å². The summed E-state index contributed by atoms with van der Waals surface area (Å²) in [5.41, 5.74) is 2.43. The first-order valence-electron chi connectivity index (χ1n) is 6.48. The van der Waals surface area contributed by atoms with Gasteiger partial charge in [-0.25, -0.2) is 0 Å². The first-order chi connectivity index (χ1) is 8.18. The van der Waals surface area contributed by atoms with Crippen molar-refractivity contribution in [3.05, 3.63) is 35.4 Å². The molecule has 1 N–H and O–H groups in total. The third-order valence-electron chi connectivity index (χ3n) is 3.80. The number of hydrogen-bond donors (Lipinski definition) is 1. The maximum Gasteiger partial charge on any atom is 0.307 e. The lowest BCUT2D eigenvalue weighted by Gasteiger charge is -2.22. The SMILES string of the molecule is Cc1cccc(C2CCCCCC2C(=O)O)c1. The van der Waals surface area contributed by atoms with Crippen LogP contribution < -0.4 is 0 Å². The average molecular weight is 232 g/mol. The first-order valence-corrected chi connectivity index (χ1v) is 6.48. The fourth-order valence-electron chi connectivity index (χ4n) is 2.90. The molecule has 1 fully saturated rings. The quantitative estimate of drug-likeness (QED) is 0.789. The Bertz CT molecular complexity index is 398. The Balaban J connectivity index is 2.28. The average Bonchev–Trinajstić information content (AvgIpc) is 2.54. The van der Waals surface area contributed by atoms with Crippen molar-refractivity contribution < 1.29 is 9.90 Å². The smallest absolute Gasteiger partial charge is 0.307 e. The van der Waals surface area contributed by atoms with Crippen LogP contribution in [0.2, 0.25) is 0 Å². The van der Waals surface area contributed by atoms with E-state index in [-0.39, 0.29) is 11.8 Å². The van der Waals surface area contributed by atoms with Crippen LogP contribution in [-0.2, 0) is 4.79 Å². The van der Waals surface area contributed by atoms with Gasteiger partial charge in [0.2, 0.25) is 0 Å². The molecule has 1 aliphatic rings. The van der Waals surface area contributed by atoms with Crippen LogP contribution in [0.5, 0.6) is 0 Å². The maximum absolute atomic E-state index is 11.4. The number of aryl methyl sites for hydroxylation is 1. The molecule has 0 bridgehead atoms. The summed E-state index contributed by atoms with van der Waals surface area (Å²) < 4.78 is 0. The van der Waals surface area contributed by atoms with Crippen LogP contribution in [0.25, 0.3) is 0 Å². The second-order valence-electron chi connectivity index (χ2n) is 5.10. The monoisotopic (exact) mass is 232 g/mol. The molecule has 2 unspecified atom stereocenters. The Morgan fingerprint density at radius 3 is 2.71 bits per heavy atom. The molecule has 2 atom stereocenters. The normalized spacial score (nSPS) is 25.2. The van der Waals surface area contributed by atoms with Crippen molar-refractivity contribution in [2.45, 2.75) is 44.9 Å². The van der Waals surface area contributed by atoms with Crippen molar-refractivity contribution in [3.63, 3.8) is 0 Å². The molecule has 0 aliphatic heterocycles. The standard InChI is InChI=1S/C15H20O2/c1-11-6-5-7-12(10-11)13-8-3-2-4-9-14(13)15(16)17/h5-7,10,13-14H,2-4,8-9H2,1H3,(H,16,17). The molecule has 0 saturated heterocycles. The molecule has 2 nitrogen and oxygen atoms in total. The van der Waals surface area contributed by atoms with E-state index in [1.807, 2.05) is 6.07 Å². The number of rotatable bonds is 2. The maximum atomic E-state index is 11.4. The molecule has 2 heteroatoms. The molecular weight excluding hydrogens is 212 g/mol. The van der Waals surface area contributed by atoms with Gasteiger partial charge in [-0.3, -0.25) is 4.79 Å². The highest BCUT2D eigenvalue weighted by atomic mass is 16.4. The molecule has 0 spiro atoms. The molecule has 1 aromatic rings. The molecule has 1 aliphatic carbocycles. The van der Waals surface area contributed by atoms with Gasteiger partial charge >= 0.3 is 5.97 Å². The van der Waals surface area contributed by atoms with Gasteiger partial charge in [0, 0.05) is 0 Å². The van der Waals surface area contributed by atoms with E-state index in [0.29, 0.717) is 0 Å². The highest BCUT2D eigenvalue weighted by Gasteiger charge is 2.30. The summed E-state index contributed by atoms with van der Waals surface area (Å²) in [5.74, 6) is -0.618. The summed E-state index contributed by atoms with van der Waals surface area (Å²) in [7, 11) is 0. The van der Waals surface area contributed by atoms with Crippen LogP contribution in [0.3, 0.4) is 0 Å². The summed E-state index contributed by atoms with van der Waals surface area (Å²) >= 11 is 0. The molecule has 17 heavy (non-hydrogen) atoms. The van der Waals surface area contributed by atoms with Gasteiger partial charge in [-0.05, 0) is 31.2 Å². The lowest BCUT2D eigenvalue weighted by molar-refractivity contribution is -0.142. The molecule has 0 radical (unpaired) electrons. The van der Waals surface area contributed by atoms with Crippen LogP contribution in [0, 0.1) is 12.8 Å². The zero-order chi connectivity index (χ0) is 12.3.